The van der Waals surface area contributed by atoms with Crippen molar-refractivity contribution < 1.29 is 94.1 Å². The highest BCUT2D eigenvalue weighted by Crippen LogP contribution is 2.40. The molecule has 2 amide bonds. The first-order chi connectivity index (χ1) is 37.0. The van der Waals surface area contributed by atoms with Gasteiger partial charge in [-0.25, -0.2) is 38.7 Å². The van der Waals surface area contributed by atoms with E-state index < -0.39 is 114 Å². The van der Waals surface area contributed by atoms with E-state index in [4.69, 9.17) is 57.3 Å². The van der Waals surface area contributed by atoms with Gasteiger partial charge in [0.05, 0.1) is 19.3 Å². The predicted molar refractivity (Wildman–Crippen MR) is 258 cm³/mol. The van der Waals surface area contributed by atoms with E-state index in [0.717, 1.165) is 0 Å². The molecule has 33 heteroatoms. The van der Waals surface area contributed by atoms with Crippen LogP contribution in [0.25, 0.3) is 22.3 Å². The summed E-state index contributed by atoms with van der Waals surface area (Å²) in [4.78, 5) is 90.7. The first-order valence-corrected chi connectivity index (χ1v) is 23.2. The normalized spacial score (nSPS) is 20.7. The molecule has 0 unspecified atom stereocenters. The van der Waals surface area contributed by atoms with Crippen LogP contribution in [0, 0.1) is 50.7 Å². The number of amides is 2. The van der Waals surface area contributed by atoms with E-state index in [1.54, 1.807) is 41.5 Å². The third kappa shape index (κ3) is 14.7. The number of imidazole rings is 2. The molecule has 0 aromatic carbocycles. The first-order valence-electron chi connectivity index (χ1n) is 22.9. The molecule has 2 fully saturated rings. The summed E-state index contributed by atoms with van der Waals surface area (Å²) in [6, 6.07) is 0. The molecule has 2 aliphatic rings. The molecule has 0 radical (unpaired) electrons. The Morgan fingerprint density at radius 1 is 0.722 bits per heavy atom. The molecule has 8 heterocycles. The summed E-state index contributed by atoms with van der Waals surface area (Å²) in [7, 11) is 0. The van der Waals surface area contributed by atoms with Crippen molar-refractivity contribution in [3.8, 4) is 24.7 Å². The number of hydrogen-bond acceptors (Lipinski definition) is 26. The summed E-state index contributed by atoms with van der Waals surface area (Å²) in [6.45, 7) is 11.1. The number of ether oxygens (including phenoxy) is 7. The number of carbonyl (C=O) groups is 4. The van der Waals surface area contributed by atoms with E-state index in [-0.39, 0.29) is 76.5 Å². The molecule has 0 saturated carbocycles. The third-order valence-electron chi connectivity index (χ3n) is 10.7. The monoisotopic (exact) mass is 1130 g/mol. The van der Waals surface area contributed by atoms with Gasteiger partial charge in [-0.2, -0.15) is 28.7 Å². The van der Waals surface area contributed by atoms with E-state index in [9.17, 15) is 52.9 Å². The van der Waals surface area contributed by atoms with Crippen LogP contribution in [0.4, 0.5) is 39.6 Å². The number of aliphatic hydroxyl groups is 3. The first kappa shape index (κ1) is 59.7. The number of terminal acetylenes is 2. The Balaban J connectivity index is 0.000000218. The number of nitrogens with zero attached hydrogens (tertiary/aromatic N) is 8. The van der Waals surface area contributed by atoms with Crippen LogP contribution in [0.15, 0.2) is 39.9 Å². The van der Waals surface area contributed by atoms with Gasteiger partial charge in [-0.05, 0) is 55.4 Å². The van der Waals surface area contributed by atoms with E-state index in [0.29, 0.717) is 0 Å². The molecule has 2 aliphatic heterocycles. The van der Waals surface area contributed by atoms with Crippen LogP contribution in [0.2, 0.25) is 0 Å². The zero-order chi connectivity index (χ0) is 58.4. The molecule has 6 aromatic heterocycles. The number of hydrogen-bond donors (Lipinski definition) is 5. The van der Waals surface area contributed by atoms with Gasteiger partial charge >= 0.3 is 47.6 Å². The number of aryl methyl sites for hydroxylation is 2. The van der Waals surface area contributed by atoms with Crippen LogP contribution in [-0.4, -0.2) is 126 Å². The molecule has 5 N–H and O–H groups in total. The van der Waals surface area contributed by atoms with Crippen LogP contribution >= 0.6 is 11.6 Å². The quantitative estimate of drug-likeness (QED) is 0.0390. The smallest absolute Gasteiger partial charge is 0.445 e. The Bertz CT molecular complexity index is 3440. The molecule has 8 rings (SSSR count). The number of anilines is 2. The minimum absolute atomic E-state index is 0.0115. The number of aromatic nitrogens is 8. The zero-order valence-corrected chi connectivity index (χ0v) is 43.6. The van der Waals surface area contributed by atoms with Crippen LogP contribution in [0.5, 0.6) is 0 Å². The fourth-order valence-corrected chi connectivity index (χ4v) is 7.16. The Morgan fingerprint density at radius 2 is 1.14 bits per heavy atom. The molecule has 79 heavy (non-hydrogen) atoms. The van der Waals surface area contributed by atoms with E-state index in [1.165, 1.54) is 35.6 Å². The van der Waals surface area contributed by atoms with Crippen LogP contribution in [0.1, 0.15) is 89.9 Å². The average molecular weight is 1140 g/mol. The van der Waals surface area contributed by atoms with Crippen molar-refractivity contribution in [3.63, 3.8) is 0 Å². The predicted octanol–water partition coefficient (Wildman–Crippen LogP) is 4.55. The van der Waals surface area contributed by atoms with Gasteiger partial charge in [0.1, 0.15) is 42.5 Å². The summed E-state index contributed by atoms with van der Waals surface area (Å²) >= 11 is 4.88. The van der Waals surface area contributed by atoms with Crippen LogP contribution in [-0.2, 0) is 46.4 Å². The molecular weight excluding hydrogens is 1090 g/mol. The lowest BCUT2D eigenvalue weighted by molar-refractivity contribution is -0.0987. The Hall–Kier alpha value is -8.53. The number of carbonyl (C=O) groups excluding carboxylic acids is 4. The van der Waals surface area contributed by atoms with Gasteiger partial charge in [-0.15, -0.1) is 12.8 Å². The minimum atomic E-state index is -1.80. The zero-order valence-electron chi connectivity index (χ0n) is 42.9. The van der Waals surface area contributed by atoms with Gasteiger partial charge in [0.25, 0.3) is 0 Å². The summed E-state index contributed by atoms with van der Waals surface area (Å²) in [5.41, 5.74) is -5.87. The number of halogens is 3. The van der Waals surface area contributed by atoms with Gasteiger partial charge in [-0.1, -0.05) is 11.8 Å². The Labute approximate surface area is 447 Å². The number of aliphatic hydroxyl groups excluding tert-OH is 3. The maximum absolute atomic E-state index is 14.3. The second-order valence-corrected chi connectivity index (χ2v) is 19.0. The number of rotatable bonds is 11. The molecule has 0 spiro atoms. The molecular formula is C46H49ClF2N10O20. The lowest BCUT2D eigenvalue weighted by Crippen LogP contribution is -2.43. The van der Waals surface area contributed by atoms with Crippen molar-refractivity contribution in [1.29, 1.82) is 0 Å². The molecule has 424 valence electrons. The topological polar surface area (TPSA) is 392 Å². The third-order valence-corrected chi connectivity index (χ3v) is 10.8. The number of nitrogens with one attached hydrogen (secondary N) is 2. The maximum atomic E-state index is 14.3. The molecule has 0 bridgehead atoms. The highest BCUT2D eigenvalue weighted by atomic mass is 35.5. The maximum Gasteiger partial charge on any atom is 0.519 e. The lowest BCUT2D eigenvalue weighted by atomic mass is 9.99. The van der Waals surface area contributed by atoms with Crippen molar-refractivity contribution in [1.82, 2.24) is 39.0 Å². The fourth-order valence-electron chi connectivity index (χ4n) is 7.11. The SMILES string of the molecule is C#C[C@]1(CO)O[C@@H](n2cnc3c(NC(=O)OC(C)(C)C)nc(F)nc32)C[C@@H]1O.C#C[C@]1(COC(=O)OCc2oc(=O)oc2C)O[C@@H](n2cnc3c(NC(=O)OC(C)(C)C)nc(F)nc32)C[C@@H]1O.Cc1oc(=O)oc1COC(=O)Cl. The van der Waals surface area contributed by atoms with Gasteiger partial charge in [-0.3, -0.25) is 19.8 Å². The van der Waals surface area contributed by atoms with Crippen molar-refractivity contribution in [3.05, 3.63) is 69.1 Å². The molecule has 30 nitrogen and oxygen atoms in total. The van der Waals surface area contributed by atoms with Crippen LogP contribution < -0.4 is 22.3 Å². The van der Waals surface area contributed by atoms with E-state index >= 15 is 0 Å². The molecule has 2 saturated heterocycles. The number of fused-ring (bicyclic) bond motifs is 2. The second kappa shape index (κ2) is 24.0. The van der Waals surface area contributed by atoms with Gasteiger partial charge in [0, 0.05) is 24.4 Å². The van der Waals surface area contributed by atoms with Crippen molar-refractivity contribution in [2.45, 2.75) is 129 Å². The van der Waals surface area contributed by atoms with E-state index in [2.05, 4.69) is 70.4 Å². The van der Waals surface area contributed by atoms with Gasteiger partial charge < -0.3 is 66.1 Å². The summed E-state index contributed by atoms with van der Waals surface area (Å²) in [5, 5.41) is 35.0. The largest absolute Gasteiger partial charge is 0.519 e. The standard InChI is InChI=1S/C23H24FN5O10.C17H20FN5O5.C6H5ClO5/c1-6-23(9-35-20(32)34-8-12-11(2)36-21(33)37-12)13(30)7-14(38-23)29-10-25-15-16(26-18(24)28-17(15)29)27-19(31)39-22(3,4)5;1-5-17(7-24)9(25)6-10(27-17)23-8-19-11-12(20-14(18)22-13(11)23)21-15(26)28-16(2,3)4;1-3-4(2-10-5(7)8)12-6(9)11-3/h1,10,13-14,30H,7-9H2,2-5H3,(H,26,27,28,31);1,8-10,24-25H,6-7H2,2-4H3,(H,20,21,22,26);2H2,1H3/t13-,14+,23+;9-,10+,17+;/m00./s1. The van der Waals surface area contributed by atoms with E-state index in [1.807, 2.05) is 0 Å². The average Bonchev–Trinajstić information content (AvgIpc) is 4.27. The lowest BCUT2D eigenvalue weighted by Gasteiger charge is -2.25. The highest BCUT2D eigenvalue weighted by Gasteiger charge is 2.50. The summed E-state index contributed by atoms with van der Waals surface area (Å²) in [6.07, 6.45) is 3.89. The molecule has 0 aliphatic carbocycles. The van der Waals surface area contributed by atoms with Crippen LogP contribution in [0.3, 0.4) is 0 Å². The second-order valence-electron chi connectivity index (χ2n) is 18.7. The summed E-state index contributed by atoms with van der Waals surface area (Å²) < 4.78 is 85.3. The van der Waals surface area contributed by atoms with Crippen molar-refractivity contribution in [2.24, 2.45) is 0 Å². The highest BCUT2D eigenvalue weighted by molar-refractivity contribution is 6.61. The fraction of sp³-hybridized carbons (Fsp3) is 0.478. The Morgan fingerprint density at radius 3 is 1.51 bits per heavy atom. The minimum Gasteiger partial charge on any atom is -0.445 e. The van der Waals surface area contributed by atoms with Crippen molar-refractivity contribution >= 4 is 69.3 Å². The van der Waals surface area contributed by atoms with Gasteiger partial charge in [0.15, 0.2) is 81.4 Å². The van der Waals surface area contributed by atoms with Crippen molar-refractivity contribution in [2.75, 3.05) is 23.8 Å². The van der Waals surface area contributed by atoms with Gasteiger partial charge in [0.2, 0.25) is 0 Å². The Kier molecular flexibility index (Phi) is 18.1. The molecule has 6 atom stereocenters. The summed E-state index contributed by atoms with van der Waals surface area (Å²) in [5.74, 6) is 2.88. The molecule has 6 aromatic rings.